The van der Waals surface area contributed by atoms with Crippen LogP contribution < -0.4 is 10.6 Å². The third kappa shape index (κ3) is 15.2. The first-order valence-corrected chi connectivity index (χ1v) is 14.4. The molecule has 0 aliphatic carbocycles. The minimum atomic E-state index is -1.28. The quantitative estimate of drug-likeness (QED) is 0.148. The van der Waals surface area contributed by atoms with Gasteiger partial charge in [0.05, 0.1) is 20.8 Å². The molecule has 14 heteroatoms. The zero-order valence-corrected chi connectivity index (χ0v) is 26.3. The van der Waals surface area contributed by atoms with Gasteiger partial charge in [0.15, 0.2) is 0 Å². The molecule has 1 aromatic rings. The Balaban J connectivity index is 3.03. The summed E-state index contributed by atoms with van der Waals surface area (Å²) in [7, 11) is 2.30. The zero-order valence-electron chi connectivity index (χ0n) is 26.3. The van der Waals surface area contributed by atoms with Crippen LogP contribution in [0, 0.1) is 0 Å². The molecule has 0 saturated heterocycles. The number of alkyl carbamates (subject to hydrolysis) is 1. The van der Waals surface area contributed by atoms with Crippen LogP contribution in [0.1, 0.15) is 65.4 Å². The molecule has 3 amide bonds. The molecule has 1 aromatic carbocycles. The Morgan fingerprint density at radius 2 is 1.55 bits per heavy atom. The molecule has 246 valence electrons. The molecular weight excluding hydrogens is 578 g/mol. The Kier molecular flexibility index (Phi) is 16.9. The standard InChI is InChI=1S/C30H45N3O11/c1-7-42-25(35)19-33(28(38)32-22(26(36)41-6)16-17-24(34)40-5)23(27(37)44-30(2,3)4)15-11-12-18-31-29(39)43-20-21-13-9-8-10-14-21/h8-10,13-14,22-23H,7,11-12,15-20H2,1-6H3,(H,31,39)(H,32,38)/t22-,23+/m0/s1. The van der Waals surface area contributed by atoms with Crippen molar-refractivity contribution in [2.75, 3.05) is 33.9 Å². The second-order valence-corrected chi connectivity index (χ2v) is 10.6. The van der Waals surface area contributed by atoms with Gasteiger partial charge in [-0.05, 0) is 58.9 Å². The van der Waals surface area contributed by atoms with Crippen LogP contribution in [0.3, 0.4) is 0 Å². The Labute approximate surface area is 258 Å². The highest BCUT2D eigenvalue weighted by Gasteiger charge is 2.36. The van der Waals surface area contributed by atoms with Crippen LogP contribution in [0.15, 0.2) is 30.3 Å². The van der Waals surface area contributed by atoms with Gasteiger partial charge in [-0.15, -0.1) is 0 Å². The molecule has 44 heavy (non-hydrogen) atoms. The highest BCUT2D eigenvalue weighted by atomic mass is 16.6. The summed E-state index contributed by atoms with van der Waals surface area (Å²) in [6.07, 6.45) is -0.183. The molecule has 0 heterocycles. The SMILES string of the molecule is CCOC(=O)CN(C(=O)N[C@@H](CCC(=O)OC)C(=O)OC)[C@H](CCCCNC(=O)OCc1ccccc1)C(=O)OC(C)(C)C. The minimum Gasteiger partial charge on any atom is -0.469 e. The second kappa shape index (κ2) is 19.8. The van der Waals surface area contributed by atoms with E-state index in [1.165, 1.54) is 7.11 Å². The summed E-state index contributed by atoms with van der Waals surface area (Å²) in [5, 5.41) is 5.09. The lowest BCUT2D eigenvalue weighted by Gasteiger charge is -2.33. The fraction of sp³-hybridized carbons (Fsp3) is 0.600. The second-order valence-electron chi connectivity index (χ2n) is 10.6. The lowest BCUT2D eigenvalue weighted by Crippen LogP contribution is -2.56. The van der Waals surface area contributed by atoms with Crippen molar-refractivity contribution in [2.24, 2.45) is 0 Å². The molecule has 0 unspecified atom stereocenters. The van der Waals surface area contributed by atoms with Crippen molar-refractivity contribution in [3.05, 3.63) is 35.9 Å². The number of benzene rings is 1. The number of rotatable bonds is 17. The zero-order chi connectivity index (χ0) is 33.1. The monoisotopic (exact) mass is 623 g/mol. The van der Waals surface area contributed by atoms with Gasteiger partial charge in [0.1, 0.15) is 30.8 Å². The van der Waals surface area contributed by atoms with Gasteiger partial charge in [0.25, 0.3) is 0 Å². The molecule has 2 N–H and O–H groups in total. The number of hydrogen-bond donors (Lipinski definition) is 2. The van der Waals surface area contributed by atoms with E-state index in [1.54, 1.807) is 27.7 Å². The van der Waals surface area contributed by atoms with Crippen LogP contribution in [0.25, 0.3) is 0 Å². The third-order valence-electron chi connectivity index (χ3n) is 5.96. The predicted octanol–water partition coefficient (Wildman–Crippen LogP) is 2.86. The number of carbonyl (C=O) groups is 6. The molecule has 0 aliphatic heterocycles. The van der Waals surface area contributed by atoms with Gasteiger partial charge in [-0.1, -0.05) is 30.3 Å². The number of nitrogens with zero attached hydrogens (tertiary/aromatic N) is 1. The summed E-state index contributed by atoms with van der Waals surface area (Å²) in [5.74, 6) is -3.02. The van der Waals surface area contributed by atoms with E-state index >= 15 is 0 Å². The van der Waals surface area contributed by atoms with Crippen molar-refractivity contribution in [1.82, 2.24) is 15.5 Å². The van der Waals surface area contributed by atoms with E-state index in [0.29, 0.717) is 12.8 Å². The van der Waals surface area contributed by atoms with E-state index in [9.17, 15) is 28.8 Å². The van der Waals surface area contributed by atoms with Crippen LogP contribution in [0.4, 0.5) is 9.59 Å². The van der Waals surface area contributed by atoms with Gasteiger partial charge in [-0.2, -0.15) is 0 Å². The van der Waals surface area contributed by atoms with Crippen molar-refractivity contribution < 1.29 is 52.5 Å². The summed E-state index contributed by atoms with van der Waals surface area (Å²) < 4.78 is 25.1. The van der Waals surface area contributed by atoms with Gasteiger partial charge >= 0.3 is 36.0 Å². The molecule has 0 bridgehead atoms. The molecule has 0 saturated carbocycles. The van der Waals surface area contributed by atoms with Crippen molar-refractivity contribution in [2.45, 2.75) is 84.1 Å². The van der Waals surface area contributed by atoms with E-state index in [-0.39, 0.29) is 39.0 Å². The summed E-state index contributed by atoms with van der Waals surface area (Å²) in [6.45, 7) is 6.29. The van der Waals surface area contributed by atoms with Gasteiger partial charge < -0.3 is 34.3 Å². The smallest absolute Gasteiger partial charge is 0.407 e. The number of ether oxygens (including phenoxy) is 5. The fourth-order valence-corrected chi connectivity index (χ4v) is 3.85. The molecule has 0 fully saturated rings. The highest BCUT2D eigenvalue weighted by Crippen LogP contribution is 2.17. The van der Waals surface area contributed by atoms with Gasteiger partial charge in [-0.3, -0.25) is 14.5 Å². The molecule has 0 aromatic heterocycles. The first kappa shape index (κ1) is 37.7. The fourth-order valence-electron chi connectivity index (χ4n) is 3.85. The Morgan fingerprint density at radius 3 is 2.14 bits per heavy atom. The van der Waals surface area contributed by atoms with Crippen LogP contribution in [-0.4, -0.2) is 92.5 Å². The van der Waals surface area contributed by atoms with E-state index in [4.69, 9.17) is 18.9 Å². The number of amides is 3. The number of nitrogens with one attached hydrogen (secondary N) is 2. The largest absolute Gasteiger partial charge is 0.469 e. The van der Waals surface area contributed by atoms with Crippen molar-refractivity contribution in [3.63, 3.8) is 0 Å². The van der Waals surface area contributed by atoms with Crippen molar-refractivity contribution in [1.29, 1.82) is 0 Å². The Morgan fingerprint density at radius 1 is 0.864 bits per heavy atom. The first-order valence-electron chi connectivity index (χ1n) is 14.4. The molecule has 1 rings (SSSR count). The first-order chi connectivity index (χ1) is 20.8. The Hall–Kier alpha value is -4.36. The summed E-state index contributed by atoms with van der Waals surface area (Å²) in [5.41, 5.74) is -0.0804. The van der Waals surface area contributed by atoms with Crippen LogP contribution >= 0.6 is 0 Å². The number of esters is 4. The van der Waals surface area contributed by atoms with Crippen LogP contribution in [-0.2, 0) is 49.5 Å². The average molecular weight is 624 g/mol. The van der Waals surface area contributed by atoms with Gasteiger partial charge in [0.2, 0.25) is 0 Å². The van der Waals surface area contributed by atoms with Crippen molar-refractivity contribution in [3.8, 4) is 0 Å². The number of unbranched alkanes of at least 4 members (excludes halogenated alkanes) is 1. The number of urea groups is 1. The highest BCUT2D eigenvalue weighted by molar-refractivity contribution is 5.90. The molecule has 2 atom stereocenters. The minimum absolute atomic E-state index is 0.0291. The summed E-state index contributed by atoms with van der Waals surface area (Å²) in [4.78, 5) is 76.4. The summed E-state index contributed by atoms with van der Waals surface area (Å²) in [6, 6.07) is 5.70. The maximum atomic E-state index is 13.5. The van der Waals surface area contributed by atoms with Crippen molar-refractivity contribution >= 4 is 36.0 Å². The number of hydrogen-bond acceptors (Lipinski definition) is 11. The van der Waals surface area contributed by atoms with E-state index in [0.717, 1.165) is 17.6 Å². The van der Waals surface area contributed by atoms with Crippen LogP contribution in [0.5, 0.6) is 0 Å². The maximum Gasteiger partial charge on any atom is 0.407 e. The maximum absolute atomic E-state index is 13.5. The van der Waals surface area contributed by atoms with Crippen LogP contribution in [0.2, 0.25) is 0 Å². The Bertz CT molecular complexity index is 1090. The molecular formula is C30H45N3O11. The molecule has 14 nitrogen and oxygen atoms in total. The average Bonchev–Trinajstić information content (AvgIpc) is 2.98. The predicted molar refractivity (Wildman–Crippen MR) is 157 cm³/mol. The van der Waals surface area contributed by atoms with E-state index < -0.39 is 60.2 Å². The lowest BCUT2D eigenvalue weighted by atomic mass is 10.1. The van der Waals surface area contributed by atoms with E-state index in [2.05, 4.69) is 15.4 Å². The van der Waals surface area contributed by atoms with Gasteiger partial charge in [-0.25, -0.2) is 19.2 Å². The number of carbonyl (C=O) groups excluding carboxylic acids is 6. The number of methoxy groups -OCH3 is 2. The molecule has 0 radical (unpaired) electrons. The van der Waals surface area contributed by atoms with Gasteiger partial charge in [0, 0.05) is 13.0 Å². The molecule has 0 spiro atoms. The third-order valence-corrected chi connectivity index (χ3v) is 5.96. The lowest BCUT2D eigenvalue weighted by molar-refractivity contribution is -0.161. The summed E-state index contributed by atoms with van der Waals surface area (Å²) >= 11 is 0. The topological polar surface area (TPSA) is 176 Å². The molecule has 0 aliphatic rings. The van der Waals surface area contributed by atoms with E-state index in [1.807, 2.05) is 30.3 Å². The normalized spacial score (nSPS) is 12.1.